The van der Waals surface area contributed by atoms with E-state index in [4.69, 9.17) is 14.5 Å². The standard InChI is InChI=1S/C19H36N4O2.HI/c1-3-20-19(21-10-11-22(2)16-7-4-5-8-16)23-12-14-25-18(15-23)17-9-6-13-24-17;/h16-18H,3-15H2,1-2H3,(H,20,21);1H. The van der Waals surface area contributed by atoms with Crippen LogP contribution in [0, 0.1) is 0 Å². The molecule has 0 radical (unpaired) electrons. The normalized spacial score (nSPS) is 27.8. The second kappa shape index (κ2) is 11.7. The summed E-state index contributed by atoms with van der Waals surface area (Å²) in [7, 11) is 2.25. The Bertz CT molecular complexity index is 426. The van der Waals surface area contributed by atoms with Gasteiger partial charge in [0.15, 0.2) is 5.96 Å². The van der Waals surface area contributed by atoms with Crippen molar-refractivity contribution in [3.63, 3.8) is 0 Å². The van der Waals surface area contributed by atoms with E-state index in [1.165, 1.54) is 25.7 Å². The molecule has 6 nitrogen and oxygen atoms in total. The quantitative estimate of drug-likeness (QED) is 0.359. The van der Waals surface area contributed by atoms with Gasteiger partial charge in [0.2, 0.25) is 0 Å². The Labute approximate surface area is 176 Å². The fourth-order valence-corrected chi connectivity index (χ4v) is 4.26. The second-order valence-corrected chi connectivity index (χ2v) is 7.56. The van der Waals surface area contributed by atoms with E-state index in [-0.39, 0.29) is 36.2 Å². The van der Waals surface area contributed by atoms with Gasteiger partial charge in [-0.2, -0.15) is 0 Å². The van der Waals surface area contributed by atoms with Crippen LogP contribution in [0.3, 0.4) is 0 Å². The minimum Gasteiger partial charge on any atom is -0.375 e. The number of aliphatic imine (C=N–C) groups is 1. The minimum atomic E-state index is 0. The molecule has 7 heteroatoms. The van der Waals surface area contributed by atoms with Crippen LogP contribution in [-0.2, 0) is 9.47 Å². The van der Waals surface area contributed by atoms with Gasteiger partial charge >= 0.3 is 0 Å². The van der Waals surface area contributed by atoms with E-state index >= 15 is 0 Å². The SMILES string of the molecule is CCNC(=NCCN(C)C1CCCC1)N1CCOC(C2CCCO2)C1.I. The Kier molecular flexibility index (Phi) is 9.94. The van der Waals surface area contributed by atoms with Crippen molar-refractivity contribution in [2.45, 2.75) is 63.7 Å². The van der Waals surface area contributed by atoms with Crippen molar-refractivity contribution in [2.24, 2.45) is 4.99 Å². The molecule has 0 aromatic heterocycles. The summed E-state index contributed by atoms with van der Waals surface area (Å²) in [5.74, 6) is 1.04. The number of nitrogens with one attached hydrogen (secondary N) is 1. The van der Waals surface area contributed by atoms with Gasteiger partial charge in [-0.25, -0.2) is 0 Å². The number of hydrogen-bond donors (Lipinski definition) is 1. The molecular formula is C19H37IN4O2. The fourth-order valence-electron chi connectivity index (χ4n) is 4.26. The smallest absolute Gasteiger partial charge is 0.194 e. The number of nitrogens with zero attached hydrogens (tertiary/aromatic N) is 3. The lowest BCUT2D eigenvalue weighted by molar-refractivity contribution is -0.0817. The number of halogens is 1. The monoisotopic (exact) mass is 480 g/mol. The average Bonchev–Trinajstić information content (AvgIpc) is 3.34. The van der Waals surface area contributed by atoms with Gasteiger partial charge in [0.1, 0.15) is 6.10 Å². The van der Waals surface area contributed by atoms with Crippen molar-refractivity contribution in [3.05, 3.63) is 0 Å². The van der Waals surface area contributed by atoms with E-state index in [9.17, 15) is 0 Å². The summed E-state index contributed by atoms with van der Waals surface area (Å²) in [6.45, 7) is 8.37. The maximum atomic E-state index is 5.97. The molecule has 2 unspecified atom stereocenters. The topological polar surface area (TPSA) is 49.3 Å². The van der Waals surface area contributed by atoms with Crippen LogP contribution < -0.4 is 5.32 Å². The zero-order chi connectivity index (χ0) is 17.5. The molecule has 2 heterocycles. The first kappa shape index (κ1) is 22.2. The predicted molar refractivity (Wildman–Crippen MR) is 117 cm³/mol. The average molecular weight is 480 g/mol. The van der Waals surface area contributed by atoms with Crippen LogP contribution >= 0.6 is 24.0 Å². The van der Waals surface area contributed by atoms with E-state index in [0.29, 0.717) is 0 Å². The number of ether oxygens (including phenoxy) is 2. The van der Waals surface area contributed by atoms with Gasteiger partial charge in [0, 0.05) is 38.8 Å². The molecule has 0 aromatic carbocycles. The second-order valence-electron chi connectivity index (χ2n) is 7.56. The molecule has 1 saturated carbocycles. The summed E-state index contributed by atoms with van der Waals surface area (Å²) in [6, 6.07) is 0.769. The van der Waals surface area contributed by atoms with Crippen molar-refractivity contribution in [3.8, 4) is 0 Å². The molecule has 2 atom stereocenters. The van der Waals surface area contributed by atoms with Gasteiger partial charge in [-0.05, 0) is 39.7 Å². The first-order valence-electron chi connectivity index (χ1n) is 10.2. The van der Waals surface area contributed by atoms with Crippen LogP contribution in [0.5, 0.6) is 0 Å². The highest BCUT2D eigenvalue weighted by atomic mass is 127. The van der Waals surface area contributed by atoms with Crippen molar-refractivity contribution < 1.29 is 9.47 Å². The predicted octanol–water partition coefficient (Wildman–Crippen LogP) is 2.32. The van der Waals surface area contributed by atoms with Crippen LogP contribution in [0.4, 0.5) is 0 Å². The van der Waals surface area contributed by atoms with Gasteiger partial charge < -0.3 is 24.6 Å². The lowest BCUT2D eigenvalue weighted by Gasteiger charge is -2.37. The molecule has 2 saturated heterocycles. The van der Waals surface area contributed by atoms with Crippen LogP contribution in [0.25, 0.3) is 0 Å². The molecule has 26 heavy (non-hydrogen) atoms. The molecule has 2 aliphatic heterocycles. The van der Waals surface area contributed by atoms with E-state index < -0.39 is 0 Å². The molecule has 152 valence electrons. The first-order chi connectivity index (χ1) is 12.3. The summed E-state index contributed by atoms with van der Waals surface area (Å²) in [5, 5.41) is 3.47. The van der Waals surface area contributed by atoms with E-state index in [1.54, 1.807) is 0 Å². The van der Waals surface area contributed by atoms with E-state index in [1.807, 2.05) is 0 Å². The van der Waals surface area contributed by atoms with Crippen LogP contribution in [0.1, 0.15) is 45.4 Å². The third-order valence-corrected chi connectivity index (χ3v) is 5.77. The highest BCUT2D eigenvalue weighted by molar-refractivity contribution is 14.0. The van der Waals surface area contributed by atoms with E-state index in [0.717, 1.165) is 70.8 Å². The van der Waals surface area contributed by atoms with Crippen LogP contribution in [0.15, 0.2) is 4.99 Å². The third-order valence-electron chi connectivity index (χ3n) is 5.77. The Morgan fingerprint density at radius 3 is 2.58 bits per heavy atom. The van der Waals surface area contributed by atoms with Gasteiger partial charge in [-0.1, -0.05) is 12.8 Å². The summed E-state index contributed by atoms with van der Waals surface area (Å²) in [5.41, 5.74) is 0. The molecule has 0 aromatic rings. The lowest BCUT2D eigenvalue weighted by Crippen LogP contribution is -2.53. The summed E-state index contributed by atoms with van der Waals surface area (Å²) >= 11 is 0. The Balaban J connectivity index is 0.00000243. The number of morpholine rings is 1. The molecule has 3 aliphatic rings. The molecule has 0 amide bonds. The van der Waals surface area contributed by atoms with Crippen LogP contribution in [0.2, 0.25) is 0 Å². The molecular weight excluding hydrogens is 443 g/mol. The Morgan fingerprint density at radius 2 is 1.88 bits per heavy atom. The van der Waals surface area contributed by atoms with Crippen LogP contribution in [-0.4, -0.2) is 87.0 Å². The molecule has 1 N–H and O–H groups in total. The molecule has 3 rings (SSSR count). The molecule has 0 spiro atoms. The lowest BCUT2D eigenvalue weighted by atomic mass is 10.1. The summed E-state index contributed by atoms with van der Waals surface area (Å²) < 4.78 is 11.8. The van der Waals surface area contributed by atoms with Gasteiger partial charge in [0.05, 0.1) is 19.3 Å². The minimum absolute atomic E-state index is 0. The van der Waals surface area contributed by atoms with E-state index in [2.05, 4.69) is 29.1 Å². The number of rotatable bonds is 6. The zero-order valence-electron chi connectivity index (χ0n) is 16.5. The first-order valence-corrected chi connectivity index (χ1v) is 10.2. The van der Waals surface area contributed by atoms with Crippen molar-refractivity contribution in [1.82, 2.24) is 15.1 Å². The molecule has 0 bridgehead atoms. The number of guanidine groups is 1. The number of likely N-dealkylation sites (N-methyl/N-ethyl adjacent to an activating group) is 1. The van der Waals surface area contributed by atoms with Crippen molar-refractivity contribution >= 4 is 29.9 Å². The maximum absolute atomic E-state index is 5.97. The van der Waals surface area contributed by atoms with Gasteiger partial charge in [-0.15, -0.1) is 24.0 Å². The highest BCUT2D eigenvalue weighted by Gasteiger charge is 2.32. The Morgan fingerprint density at radius 1 is 1.12 bits per heavy atom. The zero-order valence-corrected chi connectivity index (χ0v) is 18.8. The number of hydrogen-bond acceptors (Lipinski definition) is 4. The third kappa shape index (κ3) is 6.21. The van der Waals surface area contributed by atoms with Gasteiger partial charge in [-0.3, -0.25) is 4.99 Å². The largest absolute Gasteiger partial charge is 0.375 e. The summed E-state index contributed by atoms with van der Waals surface area (Å²) in [4.78, 5) is 9.75. The van der Waals surface area contributed by atoms with Gasteiger partial charge in [0.25, 0.3) is 0 Å². The fraction of sp³-hybridized carbons (Fsp3) is 0.947. The van der Waals surface area contributed by atoms with Crippen molar-refractivity contribution in [1.29, 1.82) is 0 Å². The summed E-state index contributed by atoms with van der Waals surface area (Å²) in [6.07, 6.45) is 8.21. The maximum Gasteiger partial charge on any atom is 0.194 e. The highest BCUT2D eigenvalue weighted by Crippen LogP contribution is 2.22. The molecule has 3 fully saturated rings. The Hall–Kier alpha value is -0.120. The van der Waals surface area contributed by atoms with Crippen molar-refractivity contribution in [2.75, 3.05) is 53.0 Å². The molecule has 1 aliphatic carbocycles.